The third kappa shape index (κ3) is 1.88. The lowest BCUT2D eigenvalue weighted by Crippen LogP contribution is -2.08. The van der Waals surface area contributed by atoms with E-state index in [9.17, 15) is 9.59 Å². The monoisotopic (exact) mass is 169 g/mol. The highest BCUT2D eigenvalue weighted by Gasteiger charge is 2.06. The summed E-state index contributed by atoms with van der Waals surface area (Å²) >= 11 is 0. The van der Waals surface area contributed by atoms with Crippen molar-refractivity contribution in [3.8, 4) is 0 Å². The van der Waals surface area contributed by atoms with E-state index in [1.807, 2.05) is 0 Å². The average molecular weight is 169 g/mol. The lowest BCUT2D eigenvalue weighted by Gasteiger charge is -1.90. The van der Waals surface area contributed by atoms with Crippen LogP contribution in [0.2, 0.25) is 0 Å². The number of carbonyl (C=O) groups excluding carboxylic acids is 1. The lowest BCUT2D eigenvalue weighted by atomic mass is 10.3. The van der Waals surface area contributed by atoms with E-state index in [1.165, 1.54) is 13.1 Å². The SMILES string of the molecule is CC(=O)c1cn(CC(=O)O)nn1. The van der Waals surface area contributed by atoms with Crippen molar-refractivity contribution in [3.63, 3.8) is 0 Å². The van der Waals surface area contributed by atoms with Gasteiger partial charge in [0.25, 0.3) is 0 Å². The molecule has 0 atom stereocenters. The van der Waals surface area contributed by atoms with Crippen molar-refractivity contribution in [1.29, 1.82) is 0 Å². The molecular formula is C6H7N3O3. The van der Waals surface area contributed by atoms with E-state index in [1.54, 1.807) is 0 Å². The van der Waals surface area contributed by atoms with Crippen molar-refractivity contribution in [2.75, 3.05) is 0 Å². The molecule has 0 aliphatic carbocycles. The highest BCUT2D eigenvalue weighted by atomic mass is 16.4. The number of hydrogen-bond acceptors (Lipinski definition) is 4. The van der Waals surface area contributed by atoms with Gasteiger partial charge in [0.15, 0.2) is 5.78 Å². The standard InChI is InChI=1S/C6H7N3O3/c1-4(10)5-2-9(8-7-5)3-6(11)12/h2H,3H2,1H3,(H,11,12). The molecule has 12 heavy (non-hydrogen) atoms. The van der Waals surface area contributed by atoms with E-state index in [0.717, 1.165) is 4.68 Å². The first-order valence-electron chi connectivity index (χ1n) is 3.22. The van der Waals surface area contributed by atoms with Crippen LogP contribution in [-0.2, 0) is 11.3 Å². The van der Waals surface area contributed by atoms with Gasteiger partial charge >= 0.3 is 5.97 Å². The number of carboxylic acid groups (broad SMARTS) is 1. The average Bonchev–Trinajstić information content (AvgIpc) is 2.34. The molecule has 0 radical (unpaired) electrons. The molecule has 0 aromatic carbocycles. The maximum atomic E-state index is 10.7. The number of hydrogen-bond donors (Lipinski definition) is 1. The van der Waals surface area contributed by atoms with Crippen LogP contribution in [0.1, 0.15) is 17.4 Å². The Hall–Kier alpha value is -1.72. The number of aromatic nitrogens is 3. The first-order chi connectivity index (χ1) is 5.59. The van der Waals surface area contributed by atoms with Crippen molar-refractivity contribution in [1.82, 2.24) is 15.0 Å². The van der Waals surface area contributed by atoms with Crippen LogP contribution in [0.3, 0.4) is 0 Å². The van der Waals surface area contributed by atoms with Crippen LogP contribution in [0.25, 0.3) is 0 Å². The summed E-state index contributed by atoms with van der Waals surface area (Å²) in [6.07, 6.45) is 1.30. The molecular weight excluding hydrogens is 162 g/mol. The van der Waals surface area contributed by atoms with Gasteiger partial charge in [-0.2, -0.15) is 0 Å². The summed E-state index contributed by atoms with van der Waals surface area (Å²) < 4.78 is 1.10. The van der Waals surface area contributed by atoms with Gasteiger partial charge in [-0.05, 0) is 0 Å². The molecule has 1 heterocycles. The van der Waals surface area contributed by atoms with E-state index in [0.29, 0.717) is 0 Å². The number of carboxylic acids is 1. The van der Waals surface area contributed by atoms with Crippen molar-refractivity contribution in [2.24, 2.45) is 0 Å². The van der Waals surface area contributed by atoms with Gasteiger partial charge in [0.05, 0.1) is 6.20 Å². The fourth-order valence-electron chi connectivity index (χ4n) is 0.676. The Labute approximate surface area is 67.8 Å². The van der Waals surface area contributed by atoms with Crippen molar-refractivity contribution in [2.45, 2.75) is 13.5 Å². The van der Waals surface area contributed by atoms with Crippen LogP contribution in [0.5, 0.6) is 0 Å². The fraction of sp³-hybridized carbons (Fsp3) is 0.333. The Balaban J connectivity index is 2.77. The molecule has 1 N–H and O–H groups in total. The Kier molecular flexibility index (Phi) is 2.18. The molecule has 0 spiro atoms. The molecule has 0 saturated heterocycles. The van der Waals surface area contributed by atoms with E-state index in [2.05, 4.69) is 10.3 Å². The summed E-state index contributed by atoms with van der Waals surface area (Å²) in [5.41, 5.74) is 0.177. The molecule has 0 unspecified atom stereocenters. The Morgan fingerprint density at radius 1 is 1.67 bits per heavy atom. The Bertz CT molecular complexity index is 318. The molecule has 64 valence electrons. The predicted octanol–water partition coefficient (Wildman–Crippen LogP) is -0.435. The van der Waals surface area contributed by atoms with Crippen molar-refractivity contribution in [3.05, 3.63) is 11.9 Å². The van der Waals surface area contributed by atoms with Gasteiger partial charge in [-0.25, -0.2) is 4.68 Å². The summed E-state index contributed by atoms with van der Waals surface area (Å²) in [5.74, 6) is -1.25. The topological polar surface area (TPSA) is 85.1 Å². The molecule has 1 aromatic rings. The summed E-state index contributed by atoms with van der Waals surface area (Å²) in [6.45, 7) is 1.06. The van der Waals surface area contributed by atoms with Crippen LogP contribution in [0.15, 0.2) is 6.20 Å². The molecule has 1 rings (SSSR count). The zero-order valence-electron chi connectivity index (χ0n) is 6.39. The molecule has 6 nitrogen and oxygen atoms in total. The molecule has 0 bridgehead atoms. The maximum Gasteiger partial charge on any atom is 0.325 e. The number of rotatable bonds is 3. The van der Waals surface area contributed by atoms with Gasteiger partial charge in [0.1, 0.15) is 12.2 Å². The zero-order valence-corrected chi connectivity index (χ0v) is 6.39. The fourth-order valence-corrected chi connectivity index (χ4v) is 0.676. The molecule has 0 fully saturated rings. The number of Topliss-reactive ketones (excluding diaryl/α,β-unsaturated/α-hetero) is 1. The van der Waals surface area contributed by atoms with Crippen LogP contribution in [0, 0.1) is 0 Å². The summed E-state index contributed by atoms with van der Waals surface area (Å²) in [7, 11) is 0. The van der Waals surface area contributed by atoms with Gasteiger partial charge in [-0.15, -0.1) is 5.10 Å². The molecule has 6 heteroatoms. The first-order valence-corrected chi connectivity index (χ1v) is 3.22. The minimum atomic E-state index is -1.02. The lowest BCUT2D eigenvalue weighted by molar-refractivity contribution is -0.137. The van der Waals surface area contributed by atoms with Crippen LogP contribution in [-0.4, -0.2) is 31.9 Å². The quantitative estimate of drug-likeness (QED) is 0.620. The predicted molar refractivity (Wildman–Crippen MR) is 37.7 cm³/mol. The second-order valence-corrected chi connectivity index (χ2v) is 2.25. The summed E-state index contributed by atoms with van der Waals surface area (Å²) in [6, 6.07) is 0. The third-order valence-corrected chi connectivity index (χ3v) is 1.20. The molecule has 0 saturated carbocycles. The molecule has 0 aliphatic heterocycles. The largest absolute Gasteiger partial charge is 0.480 e. The summed E-state index contributed by atoms with van der Waals surface area (Å²) in [4.78, 5) is 20.9. The minimum Gasteiger partial charge on any atom is -0.480 e. The number of ketones is 1. The van der Waals surface area contributed by atoms with Gasteiger partial charge in [-0.1, -0.05) is 5.21 Å². The smallest absolute Gasteiger partial charge is 0.325 e. The van der Waals surface area contributed by atoms with Gasteiger partial charge in [0, 0.05) is 6.92 Å². The van der Waals surface area contributed by atoms with Crippen LogP contribution < -0.4 is 0 Å². The second kappa shape index (κ2) is 3.12. The number of nitrogens with zero attached hydrogens (tertiary/aromatic N) is 3. The van der Waals surface area contributed by atoms with Crippen molar-refractivity contribution >= 4 is 11.8 Å². The minimum absolute atomic E-state index is 0.177. The Morgan fingerprint density at radius 2 is 2.33 bits per heavy atom. The van der Waals surface area contributed by atoms with Crippen LogP contribution in [0.4, 0.5) is 0 Å². The van der Waals surface area contributed by atoms with Gasteiger partial charge in [0.2, 0.25) is 0 Å². The number of carbonyl (C=O) groups is 2. The second-order valence-electron chi connectivity index (χ2n) is 2.25. The highest BCUT2D eigenvalue weighted by Crippen LogP contribution is 1.93. The van der Waals surface area contributed by atoms with Crippen LogP contribution >= 0.6 is 0 Å². The Morgan fingerprint density at radius 3 is 2.75 bits per heavy atom. The zero-order chi connectivity index (χ0) is 9.14. The molecule has 1 aromatic heterocycles. The van der Waals surface area contributed by atoms with E-state index in [4.69, 9.17) is 5.11 Å². The summed E-state index contributed by atoms with van der Waals surface area (Å²) in [5, 5.41) is 15.3. The van der Waals surface area contributed by atoms with Crippen molar-refractivity contribution < 1.29 is 14.7 Å². The third-order valence-electron chi connectivity index (χ3n) is 1.20. The highest BCUT2D eigenvalue weighted by molar-refractivity contribution is 5.91. The van der Waals surface area contributed by atoms with E-state index < -0.39 is 5.97 Å². The van der Waals surface area contributed by atoms with E-state index in [-0.39, 0.29) is 18.0 Å². The molecule has 0 amide bonds. The molecule has 0 aliphatic rings. The maximum absolute atomic E-state index is 10.7. The normalized spacial score (nSPS) is 9.75. The van der Waals surface area contributed by atoms with Gasteiger partial charge < -0.3 is 5.11 Å². The van der Waals surface area contributed by atoms with E-state index >= 15 is 0 Å². The van der Waals surface area contributed by atoms with Gasteiger partial charge in [-0.3, -0.25) is 9.59 Å². The number of aliphatic carboxylic acids is 1. The first kappa shape index (κ1) is 8.38.